The quantitative estimate of drug-likeness (QED) is 0.563. The van der Waals surface area contributed by atoms with E-state index in [9.17, 15) is 0 Å². The van der Waals surface area contributed by atoms with Crippen LogP contribution in [0.4, 0.5) is 5.82 Å². The number of hydrazine groups is 1. The number of fused-ring (bicyclic) bond motifs is 3. The van der Waals surface area contributed by atoms with Crippen LogP contribution in [0.25, 0.3) is 11.3 Å². The van der Waals surface area contributed by atoms with Gasteiger partial charge >= 0.3 is 0 Å². The Balaban J connectivity index is 2.18. The Kier molecular flexibility index (Phi) is 1.93. The largest absolute Gasteiger partial charge is 0.307 e. The van der Waals surface area contributed by atoms with E-state index in [0.717, 1.165) is 18.5 Å². The Morgan fingerprint density at radius 2 is 2.27 bits per heavy atom. The van der Waals surface area contributed by atoms with Gasteiger partial charge in [0, 0.05) is 10.4 Å². The van der Waals surface area contributed by atoms with Crippen LogP contribution in [0, 0.1) is 0 Å². The summed E-state index contributed by atoms with van der Waals surface area (Å²) in [6, 6.07) is 4.09. The molecule has 0 atom stereocenters. The second kappa shape index (κ2) is 3.29. The van der Waals surface area contributed by atoms with Gasteiger partial charge in [0.05, 0.1) is 5.69 Å². The molecule has 0 spiro atoms. The number of nitrogens with one attached hydrogen (secondary N) is 1. The van der Waals surface area contributed by atoms with Crippen molar-refractivity contribution >= 4 is 17.2 Å². The first-order valence-electron chi connectivity index (χ1n) is 4.78. The molecule has 0 fully saturated rings. The van der Waals surface area contributed by atoms with E-state index < -0.39 is 0 Å². The third-order valence-corrected chi connectivity index (χ3v) is 3.62. The highest BCUT2D eigenvalue weighted by Gasteiger charge is 2.19. The zero-order valence-corrected chi connectivity index (χ0v) is 8.84. The summed E-state index contributed by atoms with van der Waals surface area (Å²) in [7, 11) is 0. The van der Waals surface area contributed by atoms with Crippen LogP contribution in [0.3, 0.4) is 0 Å². The number of hydrogen-bond acceptors (Lipinski definition) is 5. The molecule has 0 radical (unpaired) electrons. The average molecular weight is 218 g/mol. The van der Waals surface area contributed by atoms with Crippen molar-refractivity contribution in [2.45, 2.75) is 12.8 Å². The van der Waals surface area contributed by atoms with Crippen molar-refractivity contribution in [2.24, 2.45) is 5.84 Å². The van der Waals surface area contributed by atoms with Gasteiger partial charge in [-0.15, -0.1) is 21.5 Å². The molecule has 0 aromatic carbocycles. The fourth-order valence-corrected chi connectivity index (χ4v) is 2.79. The molecule has 5 heteroatoms. The Morgan fingerprint density at radius 1 is 1.33 bits per heavy atom. The average Bonchev–Trinajstić information content (AvgIpc) is 2.76. The Hall–Kier alpha value is -1.46. The van der Waals surface area contributed by atoms with Gasteiger partial charge < -0.3 is 5.43 Å². The van der Waals surface area contributed by atoms with Crippen LogP contribution < -0.4 is 11.3 Å². The Bertz CT molecular complexity index is 506. The van der Waals surface area contributed by atoms with E-state index in [4.69, 9.17) is 5.84 Å². The SMILES string of the molecule is NNc1cc2c(nn1)-c1ccsc1CC2. The summed E-state index contributed by atoms with van der Waals surface area (Å²) in [4.78, 5) is 1.41. The van der Waals surface area contributed by atoms with E-state index in [1.807, 2.05) is 6.07 Å². The molecule has 0 aliphatic heterocycles. The molecule has 2 aromatic heterocycles. The molecule has 4 nitrogen and oxygen atoms in total. The maximum Gasteiger partial charge on any atom is 0.162 e. The number of hydrogen-bond donors (Lipinski definition) is 2. The highest BCUT2D eigenvalue weighted by atomic mass is 32.1. The van der Waals surface area contributed by atoms with E-state index in [2.05, 4.69) is 27.1 Å². The zero-order chi connectivity index (χ0) is 10.3. The summed E-state index contributed by atoms with van der Waals surface area (Å²) in [5, 5.41) is 10.3. The maximum absolute atomic E-state index is 5.31. The molecular formula is C10H10N4S. The highest BCUT2D eigenvalue weighted by Crippen LogP contribution is 2.35. The fraction of sp³-hybridized carbons (Fsp3) is 0.200. The van der Waals surface area contributed by atoms with Crippen molar-refractivity contribution in [2.75, 3.05) is 5.43 Å². The molecule has 15 heavy (non-hydrogen) atoms. The van der Waals surface area contributed by atoms with Crippen molar-refractivity contribution < 1.29 is 0 Å². The molecule has 76 valence electrons. The molecule has 1 aliphatic carbocycles. The lowest BCUT2D eigenvalue weighted by atomic mass is 9.96. The van der Waals surface area contributed by atoms with E-state index in [1.54, 1.807) is 11.3 Å². The minimum absolute atomic E-state index is 0.632. The van der Waals surface area contributed by atoms with Crippen LogP contribution in [-0.4, -0.2) is 10.2 Å². The predicted octanol–water partition coefficient (Wildman–Crippen LogP) is 1.59. The minimum Gasteiger partial charge on any atom is -0.307 e. The summed E-state index contributed by atoms with van der Waals surface area (Å²) < 4.78 is 0. The topological polar surface area (TPSA) is 63.8 Å². The maximum atomic E-state index is 5.31. The van der Waals surface area contributed by atoms with Crippen LogP contribution in [0.2, 0.25) is 0 Å². The molecule has 2 heterocycles. The van der Waals surface area contributed by atoms with Gasteiger partial charge in [-0.3, -0.25) is 0 Å². The lowest BCUT2D eigenvalue weighted by Crippen LogP contribution is -2.12. The second-order valence-electron chi connectivity index (χ2n) is 3.51. The molecule has 3 rings (SSSR count). The monoisotopic (exact) mass is 218 g/mol. The van der Waals surface area contributed by atoms with Gasteiger partial charge in [-0.25, -0.2) is 5.84 Å². The molecule has 1 aliphatic rings. The first-order valence-corrected chi connectivity index (χ1v) is 5.66. The molecule has 0 bridgehead atoms. The van der Waals surface area contributed by atoms with E-state index in [0.29, 0.717) is 5.82 Å². The summed E-state index contributed by atoms with van der Waals surface area (Å²) in [5.41, 5.74) is 5.99. The van der Waals surface area contributed by atoms with Crippen LogP contribution in [0.15, 0.2) is 17.5 Å². The van der Waals surface area contributed by atoms with Crippen molar-refractivity contribution in [3.05, 3.63) is 28.0 Å². The van der Waals surface area contributed by atoms with E-state index in [1.165, 1.54) is 16.0 Å². The number of nitrogens with zero attached hydrogens (tertiary/aromatic N) is 2. The van der Waals surface area contributed by atoms with Gasteiger partial charge in [-0.2, -0.15) is 0 Å². The van der Waals surface area contributed by atoms with Crippen molar-refractivity contribution in [1.29, 1.82) is 0 Å². The first-order chi connectivity index (χ1) is 7.38. The van der Waals surface area contributed by atoms with Gasteiger partial charge in [0.1, 0.15) is 0 Å². The Morgan fingerprint density at radius 3 is 3.13 bits per heavy atom. The van der Waals surface area contributed by atoms with Crippen molar-refractivity contribution in [1.82, 2.24) is 10.2 Å². The predicted molar refractivity (Wildman–Crippen MR) is 60.6 cm³/mol. The molecule has 0 saturated carbocycles. The third kappa shape index (κ3) is 1.32. The Labute approximate surface area is 91.1 Å². The zero-order valence-electron chi connectivity index (χ0n) is 8.03. The van der Waals surface area contributed by atoms with Crippen molar-refractivity contribution in [3.63, 3.8) is 0 Å². The molecular weight excluding hydrogens is 208 g/mol. The number of aromatic nitrogens is 2. The molecule has 0 unspecified atom stereocenters. The lowest BCUT2D eigenvalue weighted by Gasteiger charge is -2.14. The molecule has 0 saturated heterocycles. The summed E-state index contributed by atoms with van der Waals surface area (Å²) >= 11 is 1.79. The van der Waals surface area contributed by atoms with Crippen LogP contribution in [0.5, 0.6) is 0 Å². The van der Waals surface area contributed by atoms with Gasteiger partial charge in [0.15, 0.2) is 5.82 Å². The molecule has 0 amide bonds. The minimum atomic E-state index is 0.632. The summed E-state index contributed by atoms with van der Waals surface area (Å²) in [6.07, 6.45) is 2.11. The van der Waals surface area contributed by atoms with E-state index >= 15 is 0 Å². The summed E-state index contributed by atoms with van der Waals surface area (Å²) in [6.45, 7) is 0. The number of aryl methyl sites for hydroxylation is 2. The number of nitrogen functional groups attached to an aromatic ring is 1. The fourth-order valence-electron chi connectivity index (χ4n) is 1.91. The number of thiophene rings is 1. The van der Waals surface area contributed by atoms with Gasteiger partial charge in [-0.05, 0) is 35.9 Å². The first kappa shape index (κ1) is 8.82. The second-order valence-corrected chi connectivity index (χ2v) is 4.51. The lowest BCUT2D eigenvalue weighted by molar-refractivity contribution is 0.910. The van der Waals surface area contributed by atoms with Crippen LogP contribution >= 0.6 is 11.3 Å². The van der Waals surface area contributed by atoms with Gasteiger partial charge in [0.2, 0.25) is 0 Å². The van der Waals surface area contributed by atoms with Crippen molar-refractivity contribution in [3.8, 4) is 11.3 Å². The van der Waals surface area contributed by atoms with Gasteiger partial charge in [0.25, 0.3) is 0 Å². The molecule has 2 aromatic rings. The number of rotatable bonds is 1. The van der Waals surface area contributed by atoms with Crippen LogP contribution in [0.1, 0.15) is 10.4 Å². The normalized spacial score (nSPS) is 13.1. The highest BCUT2D eigenvalue weighted by molar-refractivity contribution is 7.10. The number of nitrogens with two attached hydrogens (primary N) is 1. The summed E-state index contributed by atoms with van der Waals surface area (Å²) in [5.74, 6) is 5.94. The standard InChI is InChI=1S/C10H10N4S/c11-12-9-5-6-1-2-8-7(3-4-15-8)10(6)14-13-9/h3-5H,1-2,11H2,(H,12,13). The van der Waals surface area contributed by atoms with E-state index in [-0.39, 0.29) is 0 Å². The van der Waals surface area contributed by atoms with Gasteiger partial charge in [-0.1, -0.05) is 0 Å². The number of anilines is 1. The smallest absolute Gasteiger partial charge is 0.162 e. The molecule has 3 N–H and O–H groups in total. The third-order valence-electron chi connectivity index (χ3n) is 2.64. The van der Waals surface area contributed by atoms with Crippen LogP contribution in [-0.2, 0) is 12.8 Å².